The molecular formula is C16H17Br2N. The summed E-state index contributed by atoms with van der Waals surface area (Å²) in [6.45, 7) is 2.21. The highest BCUT2D eigenvalue weighted by molar-refractivity contribution is 9.11. The molecule has 2 rings (SSSR count). The van der Waals surface area contributed by atoms with Gasteiger partial charge in [0.25, 0.3) is 0 Å². The Morgan fingerprint density at radius 3 is 2.16 bits per heavy atom. The van der Waals surface area contributed by atoms with Crippen molar-refractivity contribution in [2.24, 2.45) is 0 Å². The molecule has 0 aliphatic rings. The molecule has 1 N–H and O–H groups in total. The molecule has 1 atom stereocenters. The highest BCUT2D eigenvalue weighted by atomic mass is 79.9. The molecular weight excluding hydrogens is 366 g/mol. The molecule has 1 nitrogen and oxygen atoms in total. The van der Waals surface area contributed by atoms with Crippen LogP contribution in [0.5, 0.6) is 0 Å². The van der Waals surface area contributed by atoms with Gasteiger partial charge in [0.05, 0.1) is 11.7 Å². The van der Waals surface area contributed by atoms with Crippen LogP contribution in [-0.2, 0) is 0 Å². The van der Waals surface area contributed by atoms with Crippen molar-refractivity contribution in [3.05, 3.63) is 63.0 Å². The van der Waals surface area contributed by atoms with Crippen LogP contribution in [0, 0.1) is 0 Å². The molecule has 0 saturated carbocycles. The molecule has 0 aliphatic heterocycles. The van der Waals surface area contributed by atoms with Gasteiger partial charge in [0.2, 0.25) is 0 Å². The van der Waals surface area contributed by atoms with Crippen LogP contribution in [0.4, 0.5) is 5.69 Å². The minimum absolute atomic E-state index is 0.334. The first kappa shape index (κ1) is 14.6. The van der Waals surface area contributed by atoms with E-state index in [0.29, 0.717) is 6.04 Å². The lowest BCUT2D eigenvalue weighted by atomic mass is 10.0. The molecule has 100 valence electrons. The summed E-state index contributed by atoms with van der Waals surface area (Å²) in [4.78, 5) is 0. The van der Waals surface area contributed by atoms with Crippen LogP contribution in [0.1, 0.15) is 31.4 Å². The zero-order valence-corrected chi connectivity index (χ0v) is 14.0. The predicted octanol–water partition coefficient (Wildman–Crippen LogP) is 6.16. The number of para-hydroxylation sites is 1. The maximum atomic E-state index is 3.64. The molecule has 0 amide bonds. The number of rotatable bonds is 5. The zero-order chi connectivity index (χ0) is 13.7. The number of hydrogen-bond donors (Lipinski definition) is 1. The SMILES string of the molecule is CCCC(Nc1c(Br)cccc1Br)c1ccccc1. The third-order valence-electron chi connectivity index (χ3n) is 3.06. The normalized spacial score (nSPS) is 12.2. The van der Waals surface area contributed by atoms with Gasteiger partial charge >= 0.3 is 0 Å². The standard InChI is InChI=1S/C16H17Br2N/c1-2-7-15(12-8-4-3-5-9-12)19-16-13(17)10-6-11-14(16)18/h3-6,8-11,15,19H,2,7H2,1H3. The molecule has 2 aromatic rings. The molecule has 0 saturated heterocycles. The molecule has 0 spiro atoms. The van der Waals surface area contributed by atoms with E-state index in [4.69, 9.17) is 0 Å². The molecule has 0 radical (unpaired) electrons. The van der Waals surface area contributed by atoms with Crippen molar-refractivity contribution in [3.63, 3.8) is 0 Å². The smallest absolute Gasteiger partial charge is 0.0633 e. The Hall–Kier alpha value is -0.800. The van der Waals surface area contributed by atoms with E-state index >= 15 is 0 Å². The first-order valence-corrected chi connectivity index (χ1v) is 8.06. The van der Waals surface area contributed by atoms with Crippen molar-refractivity contribution in [3.8, 4) is 0 Å². The quantitative estimate of drug-likeness (QED) is 0.652. The van der Waals surface area contributed by atoms with E-state index in [1.165, 1.54) is 5.56 Å². The van der Waals surface area contributed by atoms with E-state index in [2.05, 4.69) is 86.6 Å². The lowest BCUT2D eigenvalue weighted by Gasteiger charge is -2.21. The second-order valence-corrected chi connectivity index (χ2v) is 6.20. The van der Waals surface area contributed by atoms with E-state index in [9.17, 15) is 0 Å². The summed E-state index contributed by atoms with van der Waals surface area (Å²) in [5.41, 5.74) is 2.44. The van der Waals surface area contributed by atoms with Crippen LogP contribution < -0.4 is 5.32 Å². The molecule has 0 aliphatic carbocycles. The minimum Gasteiger partial charge on any atom is -0.376 e. The van der Waals surface area contributed by atoms with Gasteiger partial charge in [-0.15, -0.1) is 0 Å². The minimum atomic E-state index is 0.334. The number of nitrogens with one attached hydrogen (secondary N) is 1. The van der Waals surface area contributed by atoms with Gasteiger partial charge < -0.3 is 5.32 Å². The summed E-state index contributed by atoms with van der Waals surface area (Å²) >= 11 is 7.21. The fourth-order valence-corrected chi connectivity index (χ4v) is 3.33. The van der Waals surface area contributed by atoms with Crippen molar-refractivity contribution < 1.29 is 0 Å². The van der Waals surface area contributed by atoms with Gasteiger partial charge in [-0.2, -0.15) is 0 Å². The van der Waals surface area contributed by atoms with Gasteiger partial charge in [0.1, 0.15) is 0 Å². The van der Waals surface area contributed by atoms with Crippen LogP contribution in [0.25, 0.3) is 0 Å². The van der Waals surface area contributed by atoms with Crippen molar-refractivity contribution in [1.82, 2.24) is 0 Å². The summed E-state index contributed by atoms with van der Waals surface area (Å²) in [5, 5.41) is 3.64. The molecule has 3 heteroatoms. The first-order chi connectivity index (χ1) is 9.22. The second kappa shape index (κ2) is 7.11. The van der Waals surface area contributed by atoms with E-state index in [1.807, 2.05) is 6.07 Å². The van der Waals surface area contributed by atoms with Crippen molar-refractivity contribution in [2.45, 2.75) is 25.8 Å². The lowest BCUT2D eigenvalue weighted by Crippen LogP contribution is -2.11. The Morgan fingerprint density at radius 1 is 0.947 bits per heavy atom. The van der Waals surface area contributed by atoms with Gasteiger partial charge in [-0.3, -0.25) is 0 Å². The van der Waals surface area contributed by atoms with Gasteiger partial charge in [-0.05, 0) is 56.0 Å². The predicted molar refractivity (Wildman–Crippen MR) is 89.6 cm³/mol. The molecule has 0 heterocycles. The Morgan fingerprint density at radius 2 is 1.58 bits per heavy atom. The fourth-order valence-electron chi connectivity index (χ4n) is 2.11. The Balaban J connectivity index is 2.27. The summed E-state index contributed by atoms with van der Waals surface area (Å²) < 4.78 is 2.16. The number of hydrogen-bond acceptors (Lipinski definition) is 1. The van der Waals surface area contributed by atoms with Gasteiger partial charge in [0.15, 0.2) is 0 Å². The first-order valence-electron chi connectivity index (χ1n) is 6.48. The zero-order valence-electron chi connectivity index (χ0n) is 10.9. The van der Waals surface area contributed by atoms with E-state index < -0.39 is 0 Å². The van der Waals surface area contributed by atoms with Crippen LogP contribution in [0.3, 0.4) is 0 Å². The van der Waals surface area contributed by atoms with Gasteiger partial charge in [0, 0.05) is 8.95 Å². The van der Waals surface area contributed by atoms with E-state index in [0.717, 1.165) is 27.5 Å². The third-order valence-corrected chi connectivity index (χ3v) is 4.38. The molecule has 2 aromatic carbocycles. The Labute approximate surface area is 131 Å². The average Bonchev–Trinajstić information content (AvgIpc) is 2.43. The van der Waals surface area contributed by atoms with Gasteiger partial charge in [-0.1, -0.05) is 49.7 Å². The fraction of sp³-hybridized carbons (Fsp3) is 0.250. The van der Waals surface area contributed by atoms with Crippen molar-refractivity contribution >= 4 is 37.5 Å². The summed E-state index contributed by atoms with van der Waals surface area (Å²) in [7, 11) is 0. The number of halogens is 2. The van der Waals surface area contributed by atoms with Gasteiger partial charge in [-0.25, -0.2) is 0 Å². The number of benzene rings is 2. The monoisotopic (exact) mass is 381 g/mol. The number of anilines is 1. The van der Waals surface area contributed by atoms with E-state index in [-0.39, 0.29) is 0 Å². The van der Waals surface area contributed by atoms with Crippen LogP contribution in [-0.4, -0.2) is 0 Å². The maximum absolute atomic E-state index is 3.64. The largest absolute Gasteiger partial charge is 0.376 e. The molecule has 0 fully saturated rings. The summed E-state index contributed by atoms with van der Waals surface area (Å²) in [6.07, 6.45) is 2.26. The highest BCUT2D eigenvalue weighted by Crippen LogP contribution is 2.34. The molecule has 1 unspecified atom stereocenters. The molecule has 0 bridgehead atoms. The van der Waals surface area contributed by atoms with Crippen LogP contribution in [0.2, 0.25) is 0 Å². The summed E-state index contributed by atoms with van der Waals surface area (Å²) in [5.74, 6) is 0. The lowest BCUT2D eigenvalue weighted by molar-refractivity contribution is 0.677. The second-order valence-electron chi connectivity index (χ2n) is 4.49. The summed E-state index contributed by atoms with van der Waals surface area (Å²) in [6, 6.07) is 17.1. The van der Waals surface area contributed by atoms with Crippen LogP contribution in [0.15, 0.2) is 57.5 Å². The highest BCUT2D eigenvalue weighted by Gasteiger charge is 2.13. The average molecular weight is 383 g/mol. The van der Waals surface area contributed by atoms with Crippen molar-refractivity contribution in [2.75, 3.05) is 5.32 Å². The third kappa shape index (κ3) is 3.83. The maximum Gasteiger partial charge on any atom is 0.0633 e. The van der Waals surface area contributed by atoms with E-state index in [1.54, 1.807) is 0 Å². The van der Waals surface area contributed by atoms with Crippen LogP contribution >= 0.6 is 31.9 Å². The van der Waals surface area contributed by atoms with Crippen molar-refractivity contribution in [1.29, 1.82) is 0 Å². The molecule has 19 heavy (non-hydrogen) atoms. The Bertz CT molecular complexity index is 505. The Kier molecular flexibility index (Phi) is 5.46. The molecule has 0 aromatic heterocycles. The topological polar surface area (TPSA) is 12.0 Å².